The summed E-state index contributed by atoms with van der Waals surface area (Å²) in [6, 6.07) is 0.139. The number of nitrogens with one attached hydrogen (secondary N) is 2. The molecule has 0 aromatic heterocycles. The average Bonchev–Trinajstić information content (AvgIpc) is 3.06. The Kier molecular flexibility index (Phi) is 6.45. The molecule has 2 N–H and O–H groups in total. The van der Waals surface area contributed by atoms with Crippen LogP contribution in [0.4, 0.5) is 0 Å². The van der Waals surface area contributed by atoms with Gasteiger partial charge in [0, 0.05) is 19.2 Å². The predicted octanol–water partition coefficient (Wildman–Crippen LogP) is 2.39. The van der Waals surface area contributed by atoms with Crippen LogP contribution in [-0.4, -0.2) is 37.1 Å². The summed E-state index contributed by atoms with van der Waals surface area (Å²) in [4.78, 5) is 23.9. The molecule has 0 spiro atoms. The van der Waals surface area contributed by atoms with E-state index in [-0.39, 0.29) is 12.1 Å². The van der Waals surface area contributed by atoms with E-state index in [1.807, 2.05) is 0 Å². The first-order valence-corrected chi connectivity index (χ1v) is 9.12. The molecule has 1 atom stereocenters. The highest BCUT2D eigenvalue weighted by atomic mass is 16.5. The number of hydrogen-bond donors (Lipinski definition) is 2. The fourth-order valence-electron chi connectivity index (χ4n) is 3.65. The largest absolute Gasteiger partial charge is 0.376 e. The van der Waals surface area contributed by atoms with E-state index in [0.29, 0.717) is 17.9 Å². The fourth-order valence-corrected chi connectivity index (χ4v) is 3.65. The van der Waals surface area contributed by atoms with Crippen molar-refractivity contribution in [2.24, 2.45) is 11.3 Å². The van der Waals surface area contributed by atoms with E-state index in [0.717, 1.165) is 45.1 Å². The zero-order chi connectivity index (χ0) is 16.9. The van der Waals surface area contributed by atoms with Gasteiger partial charge in [0.1, 0.15) is 0 Å². The maximum atomic E-state index is 12.0. The number of rotatable bonds is 5. The maximum absolute atomic E-state index is 12.0. The Balaban J connectivity index is 1.68. The Morgan fingerprint density at radius 3 is 2.35 bits per heavy atom. The third kappa shape index (κ3) is 5.20. The van der Waals surface area contributed by atoms with Crippen LogP contribution < -0.4 is 10.6 Å². The Morgan fingerprint density at radius 2 is 1.78 bits per heavy atom. The molecule has 0 unspecified atom stereocenters. The quantitative estimate of drug-likeness (QED) is 0.763. The Bertz CT molecular complexity index is 408. The predicted molar refractivity (Wildman–Crippen MR) is 89.9 cm³/mol. The van der Waals surface area contributed by atoms with E-state index in [1.54, 1.807) is 0 Å². The van der Waals surface area contributed by atoms with Crippen LogP contribution in [-0.2, 0) is 14.3 Å². The van der Waals surface area contributed by atoms with Gasteiger partial charge in [-0.1, -0.05) is 27.2 Å². The van der Waals surface area contributed by atoms with E-state index in [2.05, 4.69) is 31.4 Å². The number of carbonyl (C=O) groups is 2. The second kappa shape index (κ2) is 8.13. The first-order chi connectivity index (χ1) is 10.9. The summed E-state index contributed by atoms with van der Waals surface area (Å²) in [5.74, 6) is -0.313. The minimum absolute atomic E-state index is 0.0680. The van der Waals surface area contributed by atoms with Crippen LogP contribution >= 0.6 is 0 Å². The summed E-state index contributed by atoms with van der Waals surface area (Å²) in [6.45, 7) is 8.09. The molecule has 1 saturated carbocycles. The van der Waals surface area contributed by atoms with Crippen LogP contribution in [0.15, 0.2) is 0 Å². The minimum atomic E-state index is -0.531. The summed E-state index contributed by atoms with van der Waals surface area (Å²) < 4.78 is 5.44. The van der Waals surface area contributed by atoms with Gasteiger partial charge in [-0.05, 0) is 49.9 Å². The highest BCUT2D eigenvalue weighted by molar-refractivity contribution is 6.35. The Morgan fingerprint density at radius 1 is 1.09 bits per heavy atom. The lowest BCUT2D eigenvalue weighted by molar-refractivity contribution is -0.140. The highest BCUT2D eigenvalue weighted by Crippen LogP contribution is 2.40. The molecule has 2 rings (SSSR count). The van der Waals surface area contributed by atoms with Crippen molar-refractivity contribution in [3.05, 3.63) is 0 Å². The van der Waals surface area contributed by atoms with Crippen LogP contribution in [0.25, 0.3) is 0 Å². The monoisotopic (exact) mass is 324 g/mol. The first kappa shape index (κ1) is 18.2. The van der Waals surface area contributed by atoms with Gasteiger partial charge in [0.05, 0.1) is 6.10 Å². The minimum Gasteiger partial charge on any atom is -0.376 e. The standard InChI is InChI=1S/C18H32N2O3/c1-4-18(2,3)13-7-9-14(10-8-13)20-17(22)16(21)19-12-15-6-5-11-23-15/h13-15H,4-12H2,1-3H3,(H,19,21)(H,20,22)/t13?,14?,15-/m0/s1. The van der Waals surface area contributed by atoms with Gasteiger partial charge in [-0.15, -0.1) is 0 Å². The number of amides is 2. The maximum Gasteiger partial charge on any atom is 0.309 e. The molecule has 5 heteroatoms. The van der Waals surface area contributed by atoms with Crippen LogP contribution in [0.1, 0.15) is 65.7 Å². The lowest BCUT2D eigenvalue weighted by Gasteiger charge is -2.39. The van der Waals surface area contributed by atoms with E-state index >= 15 is 0 Å². The number of hydrogen-bond acceptors (Lipinski definition) is 3. The van der Waals surface area contributed by atoms with Gasteiger partial charge in [0.15, 0.2) is 0 Å². The molecule has 0 radical (unpaired) electrons. The number of ether oxygens (including phenoxy) is 1. The van der Waals surface area contributed by atoms with Crippen molar-refractivity contribution in [3.63, 3.8) is 0 Å². The molecule has 0 aromatic rings. The van der Waals surface area contributed by atoms with Crippen molar-refractivity contribution in [2.75, 3.05) is 13.2 Å². The van der Waals surface area contributed by atoms with E-state index in [9.17, 15) is 9.59 Å². The van der Waals surface area contributed by atoms with Crippen LogP contribution in [0.5, 0.6) is 0 Å². The molecule has 2 aliphatic rings. The van der Waals surface area contributed by atoms with Crippen molar-refractivity contribution in [2.45, 2.75) is 77.9 Å². The Labute approximate surface area is 139 Å². The van der Waals surface area contributed by atoms with E-state index < -0.39 is 11.8 Å². The molecule has 5 nitrogen and oxygen atoms in total. The zero-order valence-corrected chi connectivity index (χ0v) is 14.8. The highest BCUT2D eigenvalue weighted by Gasteiger charge is 2.32. The molecule has 132 valence electrons. The van der Waals surface area contributed by atoms with Crippen molar-refractivity contribution < 1.29 is 14.3 Å². The van der Waals surface area contributed by atoms with Crippen molar-refractivity contribution >= 4 is 11.8 Å². The van der Waals surface area contributed by atoms with Gasteiger partial charge in [0.25, 0.3) is 0 Å². The van der Waals surface area contributed by atoms with Crippen LogP contribution in [0, 0.1) is 11.3 Å². The molecular weight excluding hydrogens is 292 g/mol. The molecular formula is C18H32N2O3. The molecule has 2 amide bonds. The topological polar surface area (TPSA) is 67.4 Å². The van der Waals surface area contributed by atoms with Crippen LogP contribution in [0.2, 0.25) is 0 Å². The van der Waals surface area contributed by atoms with Crippen molar-refractivity contribution in [1.82, 2.24) is 10.6 Å². The normalized spacial score (nSPS) is 28.4. The molecule has 23 heavy (non-hydrogen) atoms. The number of carbonyl (C=O) groups excluding carboxylic acids is 2. The van der Waals surface area contributed by atoms with Gasteiger partial charge in [-0.3, -0.25) is 9.59 Å². The van der Waals surface area contributed by atoms with Gasteiger partial charge in [-0.2, -0.15) is 0 Å². The first-order valence-electron chi connectivity index (χ1n) is 9.12. The second-order valence-corrected chi connectivity index (χ2v) is 7.71. The third-order valence-corrected chi connectivity index (χ3v) is 5.80. The molecule has 0 aromatic carbocycles. The molecule has 1 aliphatic heterocycles. The van der Waals surface area contributed by atoms with Gasteiger partial charge in [-0.25, -0.2) is 0 Å². The van der Waals surface area contributed by atoms with E-state index in [1.165, 1.54) is 6.42 Å². The van der Waals surface area contributed by atoms with Gasteiger partial charge in [0.2, 0.25) is 0 Å². The Hall–Kier alpha value is -1.10. The molecule has 2 fully saturated rings. The summed E-state index contributed by atoms with van der Waals surface area (Å²) in [5, 5.41) is 5.57. The van der Waals surface area contributed by atoms with Gasteiger partial charge < -0.3 is 15.4 Å². The van der Waals surface area contributed by atoms with Gasteiger partial charge >= 0.3 is 11.8 Å². The van der Waals surface area contributed by atoms with Crippen molar-refractivity contribution in [3.8, 4) is 0 Å². The smallest absolute Gasteiger partial charge is 0.309 e. The lowest BCUT2D eigenvalue weighted by atomic mass is 9.69. The second-order valence-electron chi connectivity index (χ2n) is 7.71. The van der Waals surface area contributed by atoms with Crippen molar-refractivity contribution in [1.29, 1.82) is 0 Å². The summed E-state index contributed by atoms with van der Waals surface area (Å²) in [6.07, 6.45) is 7.44. The molecule has 1 saturated heterocycles. The molecule has 1 aliphatic carbocycles. The third-order valence-electron chi connectivity index (χ3n) is 5.80. The average molecular weight is 324 g/mol. The molecule has 0 bridgehead atoms. The fraction of sp³-hybridized carbons (Fsp3) is 0.889. The SMILES string of the molecule is CCC(C)(C)C1CCC(NC(=O)C(=O)NC[C@@H]2CCCO2)CC1. The van der Waals surface area contributed by atoms with Crippen LogP contribution in [0.3, 0.4) is 0 Å². The summed E-state index contributed by atoms with van der Waals surface area (Å²) in [7, 11) is 0. The summed E-state index contributed by atoms with van der Waals surface area (Å²) >= 11 is 0. The summed E-state index contributed by atoms with van der Waals surface area (Å²) in [5.41, 5.74) is 0.369. The zero-order valence-electron chi connectivity index (χ0n) is 14.8. The lowest BCUT2D eigenvalue weighted by Crippen LogP contribution is -2.47. The van der Waals surface area contributed by atoms with E-state index in [4.69, 9.17) is 4.74 Å². The molecule has 1 heterocycles.